The standard InChI is InChI=1S/C23H26F2N2O6S/c1-13(28)8-14-4-6-15(7-5-14)21-18(24)9-16(10-19(21)25)20-11-17(33-27-20)12-23(2,22(29)26-30)34(3,31)32/h4-7,9-10,13,17,28,30H,8,11-12H2,1-3H3,(H,26,29). The molecule has 0 saturated carbocycles. The van der Waals surface area contributed by atoms with Crippen molar-refractivity contribution >= 4 is 21.5 Å². The largest absolute Gasteiger partial charge is 0.393 e. The Morgan fingerprint density at radius 1 is 1.24 bits per heavy atom. The van der Waals surface area contributed by atoms with Gasteiger partial charge in [0.15, 0.2) is 14.6 Å². The minimum atomic E-state index is -3.94. The van der Waals surface area contributed by atoms with E-state index in [0.717, 1.165) is 30.9 Å². The Morgan fingerprint density at radius 2 is 1.82 bits per heavy atom. The third-order valence-electron chi connectivity index (χ3n) is 5.90. The number of halogens is 2. The predicted molar refractivity (Wildman–Crippen MR) is 121 cm³/mol. The van der Waals surface area contributed by atoms with Crippen LogP contribution in [-0.2, 0) is 25.9 Å². The second-order valence-electron chi connectivity index (χ2n) is 8.68. The van der Waals surface area contributed by atoms with E-state index in [4.69, 9.17) is 10.0 Å². The van der Waals surface area contributed by atoms with E-state index in [2.05, 4.69) is 5.16 Å². The number of hydrogen-bond acceptors (Lipinski definition) is 7. The third kappa shape index (κ3) is 5.26. The summed E-state index contributed by atoms with van der Waals surface area (Å²) in [6.45, 7) is 2.80. The molecule has 3 unspecified atom stereocenters. The Hall–Kier alpha value is -2.89. The summed E-state index contributed by atoms with van der Waals surface area (Å²) < 4.78 is 52.1. The number of carbonyl (C=O) groups excluding carboxylic acids is 1. The number of amides is 1. The van der Waals surface area contributed by atoms with Gasteiger partial charge in [-0.15, -0.1) is 0 Å². The molecule has 1 aliphatic heterocycles. The minimum absolute atomic E-state index is 0.0100. The highest BCUT2D eigenvalue weighted by atomic mass is 32.2. The summed E-state index contributed by atoms with van der Waals surface area (Å²) in [5.74, 6) is -2.75. The number of rotatable bonds is 8. The number of hydroxylamine groups is 1. The maximum Gasteiger partial charge on any atom is 0.264 e. The zero-order valence-electron chi connectivity index (χ0n) is 18.9. The predicted octanol–water partition coefficient (Wildman–Crippen LogP) is 2.75. The number of benzene rings is 2. The van der Waals surface area contributed by atoms with Gasteiger partial charge in [0.25, 0.3) is 5.91 Å². The smallest absolute Gasteiger partial charge is 0.264 e. The Morgan fingerprint density at radius 3 is 2.32 bits per heavy atom. The molecular weight excluding hydrogens is 470 g/mol. The van der Waals surface area contributed by atoms with Crippen LogP contribution in [-0.4, -0.2) is 53.6 Å². The van der Waals surface area contributed by atoms with E-state index in [1.165, 1.54) is 5.48 Å². The summed E-state index contributed by atoms with van der Waals surface area (Å²) in [7, 11) is -3.94. The van der Waals surface area contributed by atoms with E-state index in [9.17, 15) is 27.1 Å². The molecule has 3 rings (SSSR count). The fourth-order valence-corrected chi connectivity index (χ4v) is 4.71. The molecule has 2 aromatic rings. The van der Waals surface area contributed by atoms with Crippen molar-refractivity contribution in [3.05, 3.63) is 59.2 Å². The van der Waals surface area contributed by atoms with Crippen molar-refractivity contribution in [1.82, 2.24) is 5.48 Å². The Kier molecular flexibility index (Phi) is 7.39. The number of hydrogen-bond donors (Lipinski definition) is 3. The van der Waals surface area contributed by atoms with Crippen LogP contribution in [0.15, 0.2) is 41.6 Å². The number of oxime groups is 1. The van der Waals surface area contributed by atoms with Gasteiger partial charge in [-0.25, -0.2) is 22.7 Å². The van der Waals surface area contributed by atoms with Gasteiger partial charge in [-0.2, -0.15) is 0 Å². The topological polar surface area (TPSA) is 125 Å². The summed E-state index contributed by atoms with van der Waals surface area (Å²) >= 11 is 0. The van der Waals surface area contributed by atoms with Gasteiger partial charge in [0.2, 0.25) is 0 Å². The summed E-state index contributed by atoms with van der Waals surface area (Å²) in [6.07, 6.45) is -0.434. The van der Waals surface area contributed by atoms with E-state index in [0.29, 0.717) is 12.0 Å². The van der Waals surface area contributed by atoms with E-state index < -0.39 is 44.3 Å². The summed E-state index contributed by atoms with van der Waals surface area (Å²) in [5.41, 5.74) is 2.62. The molecule has 1 heterocycles. The van der Waals surface area contributed by atoms with Crippen LogP contribution in [0.1, 0.15) is 37.8 Å². The SMILES string of the molecule is CC(O)Cc1ccc(-c2c(F)cc(C3=NOC(CC(C)(C(=O)NO)S(C)(=O)=O)C3)cc2F)cc1. The lowest BCUT2D eigenvalue weighted by Gasteiger charge is -2.26. The molecule has 34 heavy (non-hydrogen) atoms. The van der Waals surface area contributed by atoms with Crippen molar-refractivity contribution in [2.45, 2.75) is 50.1 Å². The molecule has 0 aromatic heterocycles. The maximum atomic E-state index is 14.9. The van der Waals surface area contributed by atoms with Gasteiger partial charge in [-0.1, -0.05) is 29.4 Å². The van der Waals surface area contributed by atoms with Crippen molar-refractivity contribution in [1.29, 1.82) is 0 Å². The first-order chi connectivity index (χ1) is 15.9. The normalized spacial score (nSPS) is 18.6. The molecule has 184 valence electrons. The van der Waals surface area contributed by atoms with Gasteiger partial charge < -0.3 is 9.94 Å². The minimum Gasteiger partial charge on any atom is -0.393 e. The number of nitrogens with one attached hydrogen (secondary N) is 1. The Labute approximate surface area is 196 Å². The molecule has 1 amide bonds. The highest BCUT2D eigenvalue weighted by Crippen LogP contribution is 2.32. The fourth-order valence-electron chi connectivity index (χ4n) is 3.84. The molecule has 3 atom stereocenters. The van der Waals surface area contributed by atoms with Crippen molar-refractivity contribution in [3.63, 3.8) is 0 Å². The lowest BCUT2D eigenvalue weighted by molar-refractivity contribution is -0.132. The van der Waals surface area contributed by atoms with Crippen LogP contribution in [0.25, 0.3) is 11.1 Å². The van der Waals surface area contributed by atoms with Crippen LogP contribution in [0.4, 0.5) is 8.78 Å². The number of aliphatic hydroxyl groups excluding tert-OH is 1. The Bertz CT molecular complexity index is 1190. The van der Waals surface area contributed by atoms with Crippen molar-refractivity contribution in [2.75, 3.05) is 6.26 Å². The average Bonchev–Trinajstić information content (AvgIpc) is 3.21. The molecular formula is C23H26F2N2O6S. The summed E-state index contributed by atoms with van der Waals surface area (Å²) in [6, 6.07) is 8.75. The van der Waals surface area contributed by atoms with Gasteiger partial charge >= 0.3 is 0 Å². The van der Waals surface area contributed by atoms with Gasteiger partial charge in [0, 0.05) is 24.7 Å². The number of aliphatic hydroxyl groups is 1. The second-order valence-corrected chi connectivity index (χ2v) is 11.1. The molecule has 3 N–H and O–H groups in total. The monoisotopic (exact) mass is 496 g/mol. The van der Waals surface area contributed by atoms with E-state index >= 15 is 0 Å². The molecule has 8 nitrogen and oxygen atoms in total. The number of sulfone groups is 1. The summed E-state index contributed by atoms with van der Waals surface area (Å²) in [4.78, 5) is 17.3. The highest BCUT2D eigenvalue weighted by Gasteiger charge is 2.47. The first-order valence-corrected chi connectivity index (χ1v) is 12.4. The lowest BCUT2D eigenvalue weighted by atomic mass is 9.95. The van der Waals surface area contributed by atoms with Gasteiger partial charge in [0.05, 0.1) is 17.4 Å². The third-order valence-corrected chi connectivity index (χ3v) is 7.89. The first kappa shape index (κ1) is 25.7. The molecule has 0 bridgehead atoms. The second kappa shape index (κ2) is 9.77. The average molecular weight is 497 g/mol. The lowest BCUT2D eigenvalue weighted by Crippen LogP contribution is -2.51. The first-order valence-electron chi connectivity index (χ1n) is 10.5. The molecule has 0 saturated heterocycles. The molecule has 0 spiro atoms. The number of carbonyl (C=O) groups is 1. The number of nitrogens with zero attached hydrogens (tertiary/aromatic N) is 1. The molecule has 0 radical (unpaired) electrons. The van der Waals surface area contributed by atoms with E-state index in [1.54, 1.807) is 31.2 Å². The molecule has 1 aliphatic rings. The van der Waals surface area contributed by atoms with Gasteiger partial charge in [0.1, 0.15) is 17.7 Å². The van der Waals surface area contributed by atoms with E-state index in [-0.39, 0.29) is 29.7 Å². The quantitative estimate of drug-likeness (QED) is 0.381. The van der Waals surface area contributed by atoms with Crippen LogP contribution in [0, 0.1) is 11.6 Å². The molecule has 0 fully saturated rings. The molecule has 0 aliphatic carbocycles. The van der Waals surface area contributed by atoms with Crippen LogP contribution in [0.5, 0.6) is 0 Å². The highest BCUT2D eigenvalue weighted by molar-refractivity contribution is 7.92. The molecule has 2 aromatic carbocycles. The molecule has 11 heteroatoms. The van der Waals surface area contributed by atoms with Crippen LogP contribution < -0.4 is 5.48 Å². The van der Waals surface area contributed by atoms with Crippen molar-refractivity contribution in [2.24, 2.45) is 5.16 Å². The van der Waals surface area contributed by atoms with Gasteiger partial charge in [-0.05, 0) is 43.5 Å². The fraction of sp³-hybridized carbons (Fsp3) is 0.391. The summed E-state index contributed by atoms with van der Waals surface area (Å²) in [5, 5.41) is 22.3. The van der Waals surface area contributed by atoms with Crippen LogP contribution >= 0.6 is 0 Å². The van der Waals surface area contributed by atoms with E-state index in [1.807, 2.05) is 0 Å². The van der Waals surface area contributed by atoms with Crippen molar-refractivity contribution < 1.29 is 37.1 Å². The van der Waals surface area contributed by atoms with Crippen LogP contribution in [0.2, 0.25) is 0 Å². The zero-order valence-corrected chi connectivity index (χ0v) is 19.7. The zero-order chi connectivity index (χ0) is 25.3. The Balaban J connectivity index is 1.80. The van der Waals surface area contributed by atoms with Gasteiger partial charge in [-0.3, -0.25) is 10.0 Å². The van der Waals surface area contributed by atoms with Crippen LogP contribution in [0.3, 0.4) is 0 Å². The maximum absolute atomic E-state index is 14.9. The van der Waals surface area contributed by atoms with Crippen molar-refractivity contribution in [3.8, 4) is 11.1 Å².